The molecule has 1 aliphatic carbocycles. The van der Waals surface area contributed by atoms with E-state index >= 15 is 0 Å². The molecule has 2 aromatic rings. The minimum atomic E-state index is -0.326. The Morgan fingerprint density at radius 3 is 2.90 bits per heavy atom. The summed E-state index contributed by atoms with van der Waals surface area (Å²) in [6.45, 7) is 2.16. The SMILES string of the molecule is CCOC(=O)c1cnc(-c2ccc(Br)s2)nc1C1CC1. The third-order valence-corrected chi connectivity index (χ3v) is 4.69. The van der Waals surface area contributed by atoms with Gasteiger partial charge in [-0.3, -0.25) is 0 Å². The Bertz CT molecular complexity index is 652. The Hall–Kier alpha value is -1.27. The zero-order valence-corrected chi connectivity index (χ0v) is 13.3. The smallest absolute Gasteiger partial charge is 0.341 e. The van der Waals surface area contributed by atoms with E-state index in [-0.39, 0.29) is 5.97 Å². The molecule has 4 nitrogen and oxygen atoms in total. The Labute approximate surface area is 129 Å². The van der Waals surface area contributed by atoms with E-state index in [9.17, 15) is 4.79 Å². The summed E-state index contributed by atoms with van der Waals surface area (Å²) in [6, 6.07) is 3.95. The van der Waals surface area contributed by atoms with Crippen molar-refractivity contribution in [1.82, 2.24) is 9.97 Å². The highest BCUT2D eigenvalue weighted by Gasteiger charge is 2.31. The lowest BCUT2D eigenvalue weighted by molar-refractivity contribution is 0.0524. The number of thiophene rings is 1. The number of hydrogen-bond acceptors (Lipinski definition) is 5. The number of aromatic nitrogens is 2. The van der Waals surface area contributed by atoms with Crippen LogP contribution in [0.4, 0.5) is 0 Å². The lowest BCUT2D eigenvalue weighted by Crippen LogP contribution is -2.10. The van der Waals surface area contributed by atoms with Gasteiger partial charge in [0.05, 0.1) is 26.5 Å². The molecule has 0 saturated heterocycles. The van der Waals surface area contributed by atoms with Crippen LogP contribution >= 0.6 is 27.3 Å². The molecule has 0 N–H and O–H groups in total. The molecule has 0 aromatic carbocycles. The molecule has 1 saturated carbocycles. The van der Waals surface area contributed by atoms with Crippen LogP contribution in [0.1, 0.15) is 41.7 Å². The minimum absolute atomic E-state index is 0.326. The van der Waals surface area contributed by atoms with Gasteiger partial charge in [0.2, 0.25) is 0 Å². The molecule has 20 heavy (non-hydrogen) atoms. The first-order valence-corrected chi connectivity index (χ1v) is 8.09. The van der Waals surface area contributed by atoms with E-state index in [1.54, 1.807) is 24.5 Å². The van der Waals surface area contributed by atoms with Gasteiger partial charge < -0.3 is 4.74 Å². The van der Waals surface area contributed by atoms with E-state index in [4.69, 9.17) is 4.74 Å². The lowest BCUT2D eigenvalue weighted by Gasteiger charge is -2.08. The van der Waals surface area contributed by atoms with Gasteiger partial charge >= 0.3 is 5.97 Å². The third-order valence-electron chi connectivity index (χ3n) is 3.07. The molecule has 3 rings (SSSR count). The zero-order chi connectivity index (χ0) is 14.1. The van der Waals surface area contributed by atoms with E-state index in [0.29, 0.717) is 23.9 Å². The Morgan fingerprint density at radius 2 is 2.30 bits per heavy atom. The summed E-state index contributed by atoms with van der Waals surface area (Å²) in [5.41, 5.74) is 1.34. The van der Waals surface area contributed by atoms with Crippen LogP contribution in [0.15, 0.2) is 22.1 Å². The van der Waals surface area contributed by atoms with Gasteiger partial charge in [-0.25, -0.2) is 14.8 Å². The van der Waals surface area contributed by atoms with Crippen molar-refractivity contribution in [3.05, 3.63) is 33.4 Å². The Morgan fingerprint density at radius 1 is 1.50 bits per heavy atom. The number of rotatable bonds is 4. The monoisotopic (exact) mass is 352 g/mol. The van der Waals surface area contributed by atoms with Crippen molar-refractivity contribution in [3.8, 4) is 10.7 Å². The van der Waals surface area contributed by atoms with Crippen LogP contribution in [0.25, 0.3) is 10.7 Å². The molecule has 0 bridgehead atoms. The Balaban J connectivity index is 1.99. The molecular weight excluding hydrogens is 340 g/mol. The number of halogens is 1. The second-order valence-electron chi connectivity index (χ2n) is 4.59. The maximum Gasteiger partial charge on any atom is 0.341 e. The van der Waals surface area contributed by atoms with Crippen molar-refractivity contribution in [1.29, 1.82) is 0 Å². The first-order valence-electron chi connectivity index (χ1n) is 6.48. The van der Waals surface area contributed by atoms with Crippen LogP contribution in [0.5, 0.6) is 0 Å². The van der Waals surface area contributed by atoms with E-state index in [1.165, 1.54) is 0 Å². The molecule has 0 amide bonds. The summed E-state index contributed by atoms with van der Waals surface area (Å²) >= 11 is 5.02. The summed E-state index contributed by atoms with van der Waals surface area (Å²) in [5, 5.41) is 0. The van der Waals surface area contributed by atoms with E-state index in [1.807, 2.05) is 12.1 Å². The normalized spacial score (nSPS) is 14.3. The highest BCUT2D eigenvalue weighted by atomic mass is 79.9. The van der Waals surface area contributed by atoms with Crippen molar-refractivity contribution in [2.24, 2.45) is 0 Å². The standard InChI is InChI=1S/C14H13BrN2O2S/c1-2-19-14(18)9-7-16-13(10-5-6-11(15)20-10)17-12(9)8-3-4-8/h5-8H,2-4H2,1H3. The summed E-state index contributed by atoms with van der Waals surface area (Å²) in [5.74, 6) is 0.725. The van der Waals surface area contributed by atoms with Gasteiger partial charge in [-0.15, -0.1) is 11.3 Å². The fourth-order valence-corrected chi connectivity index (χ4v) is 3.31. The van der Waals surface area contributed by atoms with E-state index < -0.39 is 0 Å². The number of carbonyl (C=O) groups excluding carboxylic acids is 1. The molecular formula is C14H13BrN2O2S. The van der Waals surface area contributed by atoms with Gasteiger partial charge in [-0.1, -0.05) is 0 Å². The largest absolute Gasteiger partial charge is 0.462 e. The minimum Gasteiger partial charge on any atom is -0.462 e. The second-order valence-corrected chi connectivity index (χ2v) is 7.05. The third kappa shape index (κ3) is 2.76. The van der Waals surface area contributed by atoms with Crippen LogP contribution in [0.2, 0.25) is 0 Å². The highest BCUT2D eigenvalue weighted by molar-refractivity contribution is 9.11. The summed E-state index contributed by atoms with van der Waals surface area (Å²) in [6.07, 6.45) is 3.76. The second kappa shape index (κ2) is 5.61. The van der Waals surface area contributed by atoms with Gasteiger partial charge in [0.1, 0.15) is 0 Å². The van der Waals surface area contributed by atoms with Gasteiger partial charge in [0, 0.05) is 12.1 Å². The Kier molecular flexibility index (Phi) is 3.85. The molecule has 1 fully saturated rings. The first kappa shape index (κ1) is 13.7. The van der Waals surface area contributed by atoms with Gasteiger partial charge in [0.25, 0.3) is 0 Å². The van der Waals surface area contributed by atoms with Gasteiger partial charge in [-0.05, 0) is 47.8 Å². The van der Waals surface area contributed by atoms with Crippen molar-refractivity contribution < 1.29 is 9.53 Å². The molecule has 0 atom stereocenters. The van der Waals surface area contributed by atoms with Crippen LogP contribution in [-0.2, 0) is 4.74 Å². The van der Waals surface area contributed by atoms with Crippen molar-refractivity contribution in [3.63, 3.8) is 0 Å². The fourth-order valence-electron chi connectivity index (χ4n) is 1.98. The topological polar surface area (TPSA) is 52.1 Å². The predicted molar refractivity (Wildman–Crippen MR) is 81.0 cm³/mol. The number of esters is 1. The molecule has 0 spiro atoms. The average molecular weight is 353 g/mol. The molecule has 104 valence electrons. The summed E-state index contributed by atoms with van der Waals surface area (Å²) in [4.78, 5) is 21.9. The lowest BCUT2D eigenvalue weighted by atomic mass is 10.1. The molecule has 0 unspecified atom stereocenters. The van der Waals surface area contributed by atoms with E-state index in [2.05, 4.69) is 25.9 Å². The van der Waals surface area contributed by atoms with Crippen LogP contribution in [0.3, 0.4) is 0 Å². The predicted octanol–water partition coefficient (Wildman–Crippen LogP) is 4.02. The maximum atomic E-state index is 11.9. The summed E-state index contributed by atoms with van der Waals surface area (Å²) < 4.78 is 6.11. The number of nitrogens with zero attached hydrogens (tertiary/aromatic N) is 2. The molecule has 2 aromatic heterocycles. The van der Waals surface area contributed by atoms with Crippen LogP contribution in [-0.4, -0.2) is 22.5 Å². The number of ether oxygens (including phenoxy) is 1. The number of hydrogen-bond donors (Lipinski definition) is 0. The first-order chi connectivity index (χ1) is 9.69. The average Bonchev–Trinajstić information content (AvgIpc) is 3.20. The zero-order valence-electron chi connectivity index (χ0n) is 10.9. The van der Waals surface area contributed by atoms with Gasteiger partial charge in [-0.2, -0.15) is 0 Å². The molecule has 0 radical (unpaired) electrons. The molecule has 1 aliphatic rings. The highest BCUT2D eigenvalue weighted by Crippen LogP contribution is 2.41. The van der Waals surface area contributed by atoms with Crippen LogP contribution in [0, 0.1) is 0 Å². The molecule has 0 aliphatic heterocycles. The van der Waals surface area contributed by atoms with E-state index in [0.717, 1.165) is 27.2 Å². The maximum absolute atomic E-state index is 11.9. The molecule has 2 heterocycles. The summed E-state index contributed by atoms with van der Waals surface area (Å²) in [7, 11) is 0. The quantitative estimate of drug-likeness (QED) is 0.779. The van der Waals surface area contributed by atoms with Crippen LogP contribution < -0.4 is 0 Å². The fraction of sp³-hybridized carbons (Fsp3) is 0.357. The molecule has 6 heteroatoms. The van der Waals surface area contributed by atoms with Crippen molar-refractivity contribution >= 4 is 33.2 Å². The van der Waals surface area contributed by atoms with Gasteiger partial charge in [0.15, 0.2) is 5.82 Å². The van der Waals surface area contributed by atoms with Crippen molar-refractivity contribution in [2.75, 3.05) is 6.61 Å². The van der Waals surface area contributed by atoms with Crippen molar-refractivity contribution in [2.45, 2.75) is 25.7 Å². The number of carbonyl (C=O) groups is 1.